The molecular formula is C16H18ClN. The van der Waals surface area contributed by atoms with Crippen LogP contribution >= 0.6 is 11.6 Å². The molecule has 0 aliphatic carbocycles. The average Bonchev–Trinajstić information content (AvgIpc) is 2.35. The van der Waals surface area contributed by atoms with Crippen molar-refractivity contribution in [3.05, 3.63) is 69.2 Å². The quantitative estimate of drug-likeness (QED) is 0.854. The molecule has 0 fully saturated rings. The molecule has 0 spiro atoms. The van der Waals surface area contributed by atoms with Gasteiger partial charge in [-0.05, 0) is 49.1 Å². The molecule has 2 aromatic rings. The van der Waals surface area contributed by atoms with E-state index in [4.69, 9.17) is 17.3 Å². The Kier molecular flexibility index (Phi) is 3.74. The molecule has 1 unspecified atom stereocenters. The van der Waals surface area contributed by atoms with Gasteiger partial charge in [0.1, 0.15) is 0 Å². The van der Waals surface area contributed by atoms with Gasteiger partial charge in [-0.15, -0.1) is 0 Å². The van der Waals surface area contributed by atoms with Crippen LogP contribution in [0.1, 0.15) is 33.9 Å². The summed E-state index contributed by atoms with van der Waals surface area (Å²) in [5, 5.41) is 0.772. The van der Waals surface area contributed by atoms with Crippen molar-refractivity contribution >= 4 is 11.6 Å². The van der Waals surface area contributed by atoms with Crippen LogP contribution in [-0.2, 0) is 0 Å². The second-order valence-corrected chi connectivity index (χ2v) is 5.25. The van der Waals surface area contributed by atoms with Crippen molar-refractivity contribution in [2.75, 3.05) is 0 Å². The van der Waals surface area contributed by atoms with Crippen LogP contribution in [0.25, 0.3) is 0 Å². The Bertz CT molecular complexity index is 575. The fourth-order valence-corrected chi connectivity index (χ4v) is 2.27. The molecule has 0 saturated carbocycles. The van der Waals surface area contributed by atoms with E-state index in [9.17, 15) is 0 Å². The van der Waals surface area contributed by atoms with Crippen molar-refractivity contribution in [2.24, 2.45) is 5.73 Å². The number of nitrogens with two attached hydrogens (primary N) is 1. The van der Waals surface area contributed by atoms with Crippen LogP contribution < -0.4 is 5.73 Å². The van der Waals surface area contributed by atoms with Gasteiger partial charge in [0, 0.05) is 5.02 Å². The maximum absolute atomic E-state index is 6.35. The summed E-state index contributed by atoms with van der Waals surface area (Å²) >= 11 is 6.16. The Hall–Kier alpha value is -1.31. The summed E-state index contributed by atoms with van der Waals surface area (Å²) in [5.74, 6) is 0. The minimum atomic E-state index is -0.122. The minimum absolute atomic E-state index is 0.122. The first kappa shape index (κ1) is 13.1. The van der Waals surface area contributed by atoms with Crippen LogP contribution in [0.15, 0.2) is 36.4 Å². The van der Waals surface area contributed by atoms with E-state index in [1.54, 1.807) is 0 Å². The highest BCUT2D eigenvalue weighted by atomic mass is 35.5. The van der Waals surface area contributed by atoms with Gasteiger partial charge in [0.15, 0.2) is 0 Å². The summed E-state index contributed by atoms with van der Waals surface area (Å²) in [6, 6.07) is 12.3. The molecule has 2 heteroatoms. The minimum Gasteiger partial charge on any atom is -0.320 e. The highest BCUT2D eigenvalue weighted by molar-refractivity contribution is 6.31. The van der Waals surface area contributed by atoms with Gasteiger partial charge in [-0.3, -0.25) is 0 Å². The van der Waals surface area contributed by atoms with Crippen LogP contribution in [-0.4, -0.2) is 0 Å². The van der Waals surface area contributed by atoms with E-state index in [1.165, 1.54) is 11.1 Å². The molecule has 2 N–H and O–H groups in total. The highest BCUT2D eigenvalue weighted by Crippen LogP contribution is 2.26. The second kappa shape index (κ2) is 5.13. The van der Waals surface area contributed by atoms with E-state index in [0.29, 0.717) is 0 Å². The Labute approximate surface area is 114 Å². The van der Waals surface area contributed by atoms with Gasteiger partial charge in [0.05, 0.1) is 6.04 Å². The summed E-state index contributed by atoms with van der Waals surface area (Å²) < 4.78 is 0. The lowest BCUT2D eigenvalue weighted by Gasteiger charge is -2.17. The first-order valence-corrected chi connectivity index (χ1v) is 6.45. The zero-order chi connectivity index (χ0) is 13.3. The Balaban J connectivity index is 2.44. The Morgan fingerprint density at radius 2 is 1.61 bits per heavy atom. The molecule has 0 aliphatic heterocycles. The van der Waals surface area contributed by atoms with Crippen molar-refractivity contribution in [1.82, 2.24) is 0 Å². The van der Waals surface area contributed by atoms with Gasteiger partial charge in [0.25, 0.3) is 0 Å². The molecule has 2 rings (SSSR count). The summed E-state index contributed by atoms with van der Waals surface area (Å²) in [6.45, 7) is 6.16. The monoisotopic (exact) mass is 259 g/mol. The van der Waals surface area contributed by atoms with Crippen molar-refractivity contribution < 1.29 is 0 Å². The largest absolute Gasteiger partial charge is 0.320 e. The van der Waals surface area contributed by atoms with Gasteiger partial charge >= 0.3 is 0 Å². The third kappa shape index (κ3) is 2.58. The fraction of sp³-hybridized carbons (Fsp3) is 0.250. The van der Waals surface area contributed by atoms with E-state index in [1.807, 2.05) is 25.1 Å². The molecule has 1 atom stereocenters. The number of hydrogen-bond acceptors (Lipinski definition) is 1. The van der Waals surface area contributed by atoms with Crippen molar-refractivity contribution in [3.8, 4) is 0 Å². The third-order valence-electron chi connectivity index (χ3n) is 3.32. The number of aryl methyl sites for hydroxylation is 3. The predicted octanol–water partition coefficient (Wildman–Crippen LogP) is 4.31. The normalized spacial score (nSPS) is 12.5. The summed E-state index contributed by atoms with van der Waals surface area (Å²) in [6.07, 6.45) is 0. The first-order chi connectivity index (χ1) is 8.49. The van der Waals surface area contributed by atoms with Gasteiger partial charge in [-0.2, -0.15) is 0 Å². The van der Waals surface area contributed by atoms with Crippen molar-refractivity contribution in [2.45, 2.75) is 26.8 Å². The van der Waals surface area contributed by atoms with Crippen LogP contribution in [0.4, 0.5) is 0 Å². The van der Waals surface area contributed by atoms with Gasteiger partial charge in [-0.1, -0.05) is 47.5 Å². The number of rotatable bonds is 2. The number of halogens is 1. The second-order valence-electron chi connectivity index (χ2n) is 4.85. The van der Waals surface area contributed by atoms with E-state index >= 15 is 0 Å². The maximum atomic E-state index is 6.35. The molecule has 0 bridgehead atoms. The molecule has 1 nitrogen and oxygen atoms in total. The molecule has 0 aliphatic rings. The number of hydrogen-bond donors (Lipinski definition) is 1. The van der Waals surface area contributed by atoms with Crippen LogP contribution in [0.5, 0.6) is 0 Å². The standard InChI is InChI=1S/C16H18ClN/c1-10-4-5-11(2)14(8-10)16(18)13-7-6-12(3)15(17)9-13/h4-9,16H,18H2,1-3H3. The summed E-state index contributed by atoms with van der Waals surface area (Å²) in [4.78, 5) is 0. The molecule has 94 valence electrons. The molecule has 18 heavy (non-hydrogen) atoms. The molecule has 0 heterocycles. The molecular weight excluding hydrogens is 242 g/mol. The summed E-state index contributed by atoms with van der Waals surface area (Å²) in [5.41, 5.74) is 12.1. The molecule has 0 radical (unpaired) electrons. The average molecular weight is 260 g/mol. The highest BCUT2D eigenvalue weighted by Gasteiger charge is 2.12. The van der Waals surface area contributed by atoms with Gasteiger partial charge in [0.2, 0.25) is 0 Å². The van der Waals surface area contributed by atoms with Crippen LogP contribution in [0.2, 0.25) is 5.02 Å². The van der Waals surface area contributed by atoms with Crippen molar-refractivity contribution in [1.29, 1.82) is 0 Å². The van der Waals surface area contributed by atoms with Gasteiger partial charge in [-0.25, -0.2) is 0 Å². The summed E-state index contributed by atoms with van der Waals surface area (Å²) in [7, 11) is 0. The smallest absolute Gasteiger partial charge is 0.0554 e. The lowest BCUT2D eigenvalue weighted by atomic mass is 9.94. The molecule has 0 aromatic heterocycles. The Morgan fingerprint density at radius 1 is 0.944 bits per heavy atom. The predicted molar refractivity (Wildman–Crippen MR) is 78.1 cm³/mol. The van der Waals surface area contributed by atoms with E-state index in [-0.39, 0.29) is 6.04 Å². The lowest BCUT2D eigenvalue weighted by molar-refractivity contribution is 0.859. The molecule has 0 amide bonds. The molecule has 2 aromatic carbocycles. The van der Waals surface area contributed by atoms with Crippen LogP contribution in [0, 0.1) is 20.8 Å². The molecule has 0 saturated heterocycles. The third-order valence-corrected chi connectivity index (χ3v) is 3.73. The zero-order valence-corrected chi connectivity index (χ0v) is 11.8. The van der Waals surface area contributed by atoms with E-state index < -0.39 is 0 Å². The Morgan fingerprint density at radius 3 is 2.28 bits per heavy atom. The fourth-order valence-electron chi connectivity index (χ4n) is 2.08. The first-order valence-electron chi connectivity index (χ1n) is 6.08. The topological polar surface area (TPSA) is 26.0 Å². The van der Waals surface area contributed by atoms with E-state index in [2.05, 4.69) is 32.0 Å². The van der Waals surface area contributed by atoms with Crippen molar-refractivity contribution in [3.63, 3.8) is 0 Å². The SMILES string of the molecule is Cc1ccc(C)c(C(N)c2ccc(C)c(Cl)c2)c1. The van der Waals surface area contributed by atoms with Crippen LogP contribution in [0.3, 0.4) is 0 Å². The number of benzene rings is 2. The maximum Gasteiger partial charge on any atom is 0.0554 e. The lowest BCUT2D eigenvalue weighted by Crippen LogP contribution is -2.13. The van der Waals surface area contributed by atoms with Gasteiger partial charge < -0.3 is 5.73 Å². The zero-order valence-electron chi connectivity index (χ0n) is 11.0. The van der Waals surface area contributed by atoms with E-state index in [0.717, 1.165) is 21.7 Å².